The first-order valence-electron chi connectivity index (χ1n) is 7.42. The molecule has 0 atom stereocenters. The first-order valence-corrected chi connectivity index (χ1v) is 8.86. The van der Waals surface area contributed by atoms with Gasteiger partial charge >= 0.3 is 6.18 Å². The molecule has 1 aliphatic rings. The molecular weight excluding hydrogens is 380 g/mol. The molecule has 142 valence electrons. The van der Waals surface area contributed by atoms with Crippen LogP contribution in [0.3, 0.4) is 0 Å². The van der Waals surface area contributed by atoms with Crippen LogP contribution in [0.25, 0.3) is 5.69 Å². The molecule has 0 radical (unpaired) electrons. The highest BCUT2D eigenvalue weighted by Gasteiger charge is 2.38. The summed E-state index contributed by atoms with van der Waals surface area (Å²) < 4.78 is 86.7. The van der Waals surface area contributed by atoms with Crippen LogP contribution in [0, 0.1) is 5.82 Å². The third-order valence-electron chi connectivity index (χ3n) is 3.85. The van der Waals surface area contributed by atoms with Crippen LogP contribution in [0.1, 0.15) is 30.1 Å². The van der Waals surface area contributed by atoms with Crippen molar-refractivity contribution in [3.05, 3.63) is 29.3 Å². The number of aromatic nitrogens is 3. The maximum absolute atomic E-state index is 14.6. The van der Waals surface area contributed by atoms with Crippen LogP contribution in [-0.2, 0) is 16.3 Å². The van der Waals surface area contributed by atoms with E-state index >= 15 is 0 Å². The molecule has 0 unspecified atom stereocenters. The highest BCUT2D eigenvalue weighted by atomic mass is 32.2. The Hall–Kier alpha value is -2.21. The fourth-order valence-electron chi connectivity index (χ4n) is 2.53. The van der Waals surface area contributed by atoms with E-state index in [1.165, 1.54) is 19.0 Å². The lowest BCUT2D eigenvalue weighted by atomic mass is 10.1. The lowest BCUT2D eigenvalue weighted by molar-refractivity contribution is -0.144. The Bertz CT molecular complexity index is 965. The van der Waals surface area contributed by atoms with E-state index in [4.69, 9.17) is 0 Å². The van der Waals surface area contributed by atoms with Crippen molar-refractivity contribution in [3.8, 4) is 5.69 Å². The zero-order valence-electron chi connectivity index (χ0n) is 13.6. The largest absolute Gasteiger partial charge is 0.453 e. The zero-order chi connectivity index (χ0) is 19.4. The number of halogens is 4. The topological polar surface area (TPSA) is 88.3 Å². The molecule has 7 nitrogen and oxygen atoms in total. The zero-order valence-corrected chi connectivity index (χ0v) is 14.4. The number of rotatable bonds is 4. The molecule has 0 spiro atoms. The summed E-state index contributed by atoms with van der Waals surface area (Å²) >= 11 is 0. The van der Waals surface area contributed by atoms with Gasteiger partial charge in [0.25, 0.3) is 15.9 Å². The van der Waals surface area contributed by atoms with Crippen molar-refractivity contribution in [3.63, 3.8) is 0 Å². The fraction of sp³-hybridized carbons (Fsp3) is 0.429. The van der Waals surface area contributed by atoms with E-state index in [1.807, 2.05) is 0 Å². The van der Waals surface area contributed by atoms with Gasteiger partial charge in [-0.1, -0.05) is 0 Å². The Morgan fingerprint density at radius 1 is 1.27 bits per heavy atom. The van der Waals surface area contributed by atoms with Gasteiger partial charge in [0.2, 0.25) is 5.95 Å². The molecule has 26 heavy (non-hydrogen) atoms. The Morgan fingerprint density at radius 2 is 1.88 bits per heavy atom. The van der Waals surface area contributed by atoms with Crippen molar-refractivity contribution in [2.24, 2.45) is 0 Å². The highest BCUT2D eigenvalue weighted by molar-refractivity contribution is 7.85. The van der Waals surface area contributed by atoms with Crippen LogP contribution >= 0.6 is 0 Å². The van der Waals surface area contributed by atoms with Crippen molar-refractivity contribution in [2.75, 3.05) is 19.0 Å². The summed E-state index contributed by atoms with van der Waals surface area (Å²) in [6.07, 6.45) is -3.61. The van der Waals surface area contributed by atoms with Crippen LogP contribution in [0.5, 0.6) is 0 Å². The Labute approximate surface area is 146 Å². The van der Waals surface area contributed by atoms with Gasteiger partial charge < -0.3 is 4.90 Å². The molecule has 1 fully saturated rings. The first-order chi connectivity index (χ1) is 11.9. The number of nitrogens with zero attached hydrogens (tertiary/aromatic N) is 4. The maximum atomic E-state index is 14.6. The predicted octanol–water partition coefficient (Wildman–Crippen LogP) is 2.62. The third kappa shape index (κ3) is 3.38. The first kappa shape index (κ1) is 18.6. The van der Waals surface area contributed by atoms with Crippen LogP contribution < -0.4 is 4.90 Å². The molecule has 1 saturated carbocycles. The number of alkyl halides is 3. The second-order valence-electron chi connectivity index (χ2n) is 6.13. The summed E-state index contributed by atoms with van der Waals surface area (Å²) in [5, 5.41) is 3.27. The van der Waals surface area contributed by atoms with E-state index in [1.54, 1.807) is 0 Å². The number of benzene rings is 1. The van der Waals surface area contributed by atoms with Crippen LogP contribution in [0.2, 0.25) is 0 Å². The highest BCUT2D eigenvalue weighted by Crippen LogP contribution is 2.44. The summed E-state index contributed by atoms with van der Waals surface area (Å²) in [6.45, 7) is 0. The third-order valence-corrected chi connectivity index (χ3v) is 4.76. The standard InChI is InChI=1S/C14H14F4N4O3S/c1-21(2)13-19-12(14(16,17)18)20-22(13)10-6-11(26(23,24)25)8(5-9(10)15)7-3-4-7/h5-7H,3-4H2,1-2H3,(H,23,24,25). The Morgan fingerprint density at radius 3 is 2.35 bits per heavy atom. The second kappa shape index (κ2) is 5.91. The van der Waals surface area contributed by atoms with Crippen molar-refractivity contribution in [2.45, 2.75) is 29.8 Å². The second-order valence-corrected chi connectivity index (χ2v) is 7.52. The van der Waals surface area contributed by atoms with Crippen LogP contribution in [0.15, 0.2) is 17.0 Å². The molecule has 0 saturated heterocycles. The van der Waals surface area contributed by atoms with Crippen molar-refractivity contribution >= 4 is 16.1 Å². The lowest BCUT2D eigenvalue weighted by Crippen LogP contribution is -2.16. The fourth-order valence-corrected chi connectivity index (χ4v) is 3.32. The molecular formula is C14H14F4N4O3S. The molecule has 3 rings (SSSR count). The molecule has 1 N–H and O–H groups in total. The van der Waals surface area contributed by atoms with Crippen molar-refractivity contribution < 1.29 is 30.5 Å². The van der Waals surface area contributed by atoms with Gasteiger partial charge in [0, 0.05) is 14.1 Å². The molecule has 2 aromatic rings. The Kier molecular flexibility index (Phi) is 4.22. The number of hydrogen-bond donors (Lipinski definition) is 1. The molecule has 1 aromatic heterocycles. The van der Waals surface area contributed by atoms with Crippen molar-refractivity contribution in [1.82, 2.24) is 14.8 Å². The molecule has 0 aliphatic heterocycles. The molecule has 1 aromatic carbocycles. The van der Waals surface area contributed by atoms with E-state index in [0.29, 0.717) is 17.5 Å². The van der Waals surface area contributed by atoms with Crippen molar-refractivity contribution in [1.29, 1.82) is 0 Å². The average Bonchev–Trinajstić information content (AvgIpc) is 3.22. The van der Waals surface area contributed by atoms with E-state index in [-0.39, 0.29) is 17.4 Å². The normalized spacial score (nSPS) is 15.3. The van der Waals surface area contributed by atoms with Gasteiger partial charge in [0.1, 0.15) is 11.5 Å². The van der Waals surface area contributed by atoms with Gasteiger partial charge in [-0.05, 0) is 36.5 Å². The minimum atomic E-state index is -4.87. The molecule has 1 heterocycles. The number of anilines is 1. The van der Waals surface area contributed by atoms with Crippen LogP contribution in [-0.4, -0.2) is 41.8 Å². The van der Waals surface area contributed by atoms with Gasteiger partial charge in [0.15, 0.2) is 0 Å². The maximum Gasteiger partial charge on any atom is 0.453 e. The van der Waals surface area contributed by atoms with E-state index in [2.05, 4.69) is 10.1 Å². The van der Waals surface area contributed by atoms with Gasteiger partial charge in [-0.15, -0.1) is 5.10 Å². The molecule has 12 heteroatoms. The predicted molar refractivity (Wildman–Crippen MR) is 82.4 cm³/mol. The van der Waals surface area contributed by atoms with Crippen LogP contribution in [0.4, 0.5) is 23.5 Å². The quantitative estimate of drug-likeness (QED) is 0.634. The smallest absolute Gasteiger partial charge is 0.347 e. The average molecular weight is 394 g/mol. The van der Waals surface area contributed by atoms with E-state index in [0.717, 1.165) is 12.1 Å². The van der Waals surface area contributed by atoms with E-state index < -0.39 is 38.5 Å². The van der Waals surface area contributed by atoms with E-state index in [9.17, 15) is 30.5 Å². The molecule has 1 aliphatic carbocycles. The summed E-state index contributed by atoms with van der Waals surface area (Å²) in [5.74, 6) is -3.04. The monoisotopic (exact) mass is 394 g/mol. The SMILES string of the molecule is CN(C)c1nc(C(F)(F)F)nn1-c1cc(S(=O)(=O)O)c(C2CC2)cc1F. The van der Waals surface area contributed by atoms with Gasteiger partial charge in [0.05, 0.1) is 4.90 Å². The lowest BCUT2D eigenvalue weighted by Gasteiger charge is -2.15. The Balaban J connectivity index is 2.26. The minimum Gasteiger partial charge on any atom is -0.347 e. The summed E-state index contributed by atoms with van der Waals surface area (Å²) in [7, 11) is -1.95. The van der Waals surface area contributed by atoms with Gasteiger partial charge in [-0.3, -0.25) is 4.55 Å². The molecule has 0 amide bonds. The van der Waals surface area contributed by atoms with Gasteiger partial charge in [-0.2, -0.15) is 31.3 Å². The van der Waals surface area contributed by atoms with Gasteiger partial charge in [-0.25, -0.2) is 4.39 Å². The summed E-state index contributed by atoms with van der Waals surface area (Å²) in [4.78, 5) is 3.95. The summed E-state index contributed by atoms with van der Waals surface area (Å²) in [5.41, 5.74) is -0.468. The number of hydrogen-bond acceptors (Lipinski definition) is 5. The minimum absolute atomic E-state index is 0.0938. The molecule has 0 bridgehead atoms. The summed E-state index contributed by atoms with van der Waals surface area (Å²) in [6, 6.07) is 1.69.